The number of halogens is 3. The molecule has 0 aromatic heterocycles. The van der Waals surface area contributed by atoms with E-state index in [4.69, 9.17) is 17.3 Å². The summed E-state index contributed by atoms with van der Waals surface area (Å²) in [5.41, 5.74) is 6.21. The number of hydrogen-bond donors (Lipinski definition) is 1. The second-order valence-corrected chi connectivity index (χ2v) is 4.16. The van der Waals surface area contributed by atoms with Gasteiger partial charge in [-0.2, -0.15) is 0 Å². The van der Waals surface area contributed by atoms with E-state index in [1.807, 2.05) is 6.07 Å². The van der Waals surface area contributed by atoms with Crippen molar-refractivity contribution >= 4 is 55.8 Å². The average molecular weight is 332 g/mol. The molecular formula is C6H4BrClIN. The van der Waals surface area contributed by atoms with Crippen LogP contribution < -0.4 is 5.73 Å². The first-order chi connectivity index (χ1) is 4.61. The zero-order valence-corrected chi connectivity index (χ0v) is 9.37. The van der Waals surface area contributed by atoms with Crippen molar-refractivity contribution < 1.29 is 0 Å². The maximum Gasteiger partial charge on any atom is 0.0579 e. The average Bonchev–Trinajstić information content (AvgIpc) is 1.82. The number of anilines is 1. The summed E-state index contributed by atoms with van der Waals surface area (Å²) in [4.78, 5) is 0. The summed E-state index contributed by atoms with van der Waals surface area (Å²) in [5, 5.41) is 0.657. The van der Waals surface area contributed by atoms with Gasteiger partial charge in [0.25, 0.3) is 0 Å². The van der Waals surface area contributed by atoms with Gasteiger partial charge in [0.2, 0.25) is 0 Å². The first-order valence-electron chi connectivity index (χ1n) is 2.51. The lowest BCUT2D eigenvalue weighted by Crippen LogP contribution is -1.86. The maximum absolute atomic E-state index is 5.79. The van der Waals surface area contributed by atoms with E-state index in [9.17, 15) is 0 Å². The summed E-state index contributed by atoms with van der Waals surface area (Å²) in [6.07, 6.45) is 0. The lowest BCUT2D eigenvalue weighted by Gasteiger charge is -1.99. The van der Waals surface area contributed by atoms with E-state index in [0.717, 1.165) is 8.04 Å². The van der Waals surface area contributed by atoms with Gasteiger partial charge in [-0.3, -0.25) is 0 Å². The van der Waals surface area contributed by atoms with Crippen molar-refractivity contribution in [1.82, 2.24) is 0 Å². The Morgan fingerprint density at radius 1 is 1.50 bits per heavy atom. The summed E-state index contributed by atoms with van der Waals surface area (Å²) in [6.45, 7) is 0. The lowest BCUT2D eigenvalue weighted by atomic mass is 10.3. The van der Waals surface area contributed by atoms with Crippen LogP contribution in [0.4, 0.5) is 5.69 Å². The molecule has 0 amide bonds. The molecule has 0 aliphatic rings. The number of benzene rings is 1. The van der Waals surface area contributed by atoms with Crippen molar-refractivity contribution in [2.24, 2.45) is 0 Å². The fourth-order valence-corrected chi connectivity index (χ4v) is 1.84. The number of nitrogen functional groups attached to an aromatic ring is 1. The predicted octanol–water partition coefficient (Wildman–Crippen LogP) is 3.29. The molecule has 1 nitrogen and oxygen atoms in total. The van der Waals surface area contributed by atoms with Crippen molar-refractivity contribution in [3.05, 3.63) is 25.2 Å². The highest BCUT2D eigenvalue weighted by molar-refractivity contribution is 14.1. The molecule has 0 aliphatic heterocycles. The summed E-state index contributed by atoms with van der Waals surface area (Å²) < 4.78 is 1.94. The quantitative estimate of drug-likeness (QED) is 0.440. The second-order valence-electron chi connectivity index (χ2n) is 1.80. The van der Waals surface area contributed by atoms with E-state index in [2.05, 4.69) is 38.5 Å². The van der Waals surface area contributed by atoms with Crippen molar-refractivity contribution in [1.29, 1.82) is 0 Å². The van der Waals surface area contributed by atoms with E-state index in [-0.39, 0.29) is 0 Å². The van der Waals surface area contributed by atoms with Gasteiger partial charge >= 0.3 is 0 Å². The van der Waals surface area contributed by atoms with Crippen LogP contribution in [0.3, 0.4) is 0 Å². The Morgan fingerprint density at radius 3 is 2.60 bits per heavy atom. The van der Waals surface area contributed by atoms with E-state index in [1.165, 1.54) is 0 Å². The second kappa shape index (κ2) is 3.28. The maximum atomic E-state index is 5.79. The molecule has 10 heavy (non-hydrogen) atoms. The summed E-state index contributed by atoms with van der Waals surface area (Å²) in [5.74, 6) is 0. The summed E-state index contributed by atoms with van der Waals surface area (Å²) in [7, 11) is 0. The fraction of sp³-hybridized carbons (Fsp3) is 0. The van der Waals surface area contributed by atoms with Gasteiger partial charge in [0.05, 0.1) is 5.02 Å². The molecule has 0 saturated carbocycles. The Labute approximate surface area is 86.2 Å². The van der Waals surface area contributed by atoms with Crippen LogP contribution in [0.2, 0.25) is 5.02 Å². The van der Waals surface area contributed by atoms with E-state index >= 15 is 0 Å². The Hall–Kier alpha value is 0.520. The molecule has 1 aromatic rings. The lowest BCUT2D eigenvalue weighted by molar-refractivity contribution is 1.58. The largest absolute Gasteiger partial charge is 0.399 e. The van der Waals surface area contributed by atoms with Crippen LogP contribution in [0.1, 0.15) is 0 Å². The minimum atomic E-state index is 0.657. The minimum Gasteiger partial charge on any atom is -0.399 e. The molecule has 1 aromatic carbocycles. The normalized spacial score (nSPS) is 9.90. The zero-order chi connectivity index (χ0) is 7.72. The molecule has 0 fully saturated rings. The molecule has 1 rings (SSSR count). The fourth-order valence-electron chi connectivity index (χ4n) is 0.575. The molecule has 2 N–H and O–H groups in total. The van der Waals surface area contributed by atoms with Crippen LogP contribution in [-0.4, -0.2) is 0 Å². The summed E-state index contributed by atoms with van der Waals surface area (Å²) >= 11 is 11.3. The van der Waals surface area contributed by atoms with Crippen molar-refractivity contribution in [3.63, 3.8) is 0 Å². The van der Waals surface area contributed by atoms with Crippen LogP contribution in [0.5, 0.6) is 0 Å². The molecule has 4 heteroatoms. The molecule has 0 aliphatic carbocycles. The highest BCUT2D eigenvalue weighted by atomic mass is 127. The smallest absolute Gasteiger partial charge is 0.0579 e. The van der Waals surface area contributed by atoms with Gasteiger partial charge in [-0.25, -0.2) is 0 Å². The highest BCUT2D eigenvalue weighted by Gasteiger charge is 2.01. The monoisotopic (exact) mass is 331 g/mol. The number of hydrogen-bond acceptors (Lipinski definition) is 1. The van der Waals surface area contributed by atoms with Crippen LogP contribution in [0, 0.1) is 3.57 Å². The van der Waals surface area contributed by atoms with E-state index in [0.29, 0.717) is 10.7 Å². The first kappa shape index (κ1) is 8.62. The third-order valence-electron chi connectivity index (χ3n) is 1.01. The van der Waals surface area contributed by atoms with Gasteiger partial charge < -0.3 is 5.73 Å². The Morgan fingerprint density at radius 2 is 2.10 bits per heavy atom. The third kappa shape index (κ3) is 1.77. The van der Waals surface area contributed by atoms with Gasteiger partial charge in [-0.15, -0.1) is 0 Å². The van der Waals surface area contributed by atoms with Gasteiger partial charge in [-0.1, -0.05) is 11.6 Å². The molecule has 54 valence electrons. The molecule has 0 saturated heterocycles. The SMILES string of the molecule is Nc1cc(Cl)c(Br)c(I)c1. The minimum absolute atomic E-state index is 0.657. The standard InChI is InChI=1S/C6H4BrClIN/c7-6-4(8)1-3(10)2-5(6)9/h1-2H,10H2. The Kier molecular flexibility index (Phi) is 2.82. The Bertz CT molecular complexity index is 241. The molecular weight excluding hydrogens is 328 g/mol. The molecule has 0 radical (unpaired) electrons. The van der Waals surface area contributed by atoms with Crippen LogP contribution in [0.15, 0.2) is 16.6 Å². The number of rotatable bonds is 0. The molecule has 0 atom stereocenters. The predicted molar refractivity (Wildman–Crippen MR) is 56.3 cm³/mol. The van der Waals surface area contributed by atoms with Crippen molar-refractivity contribution in [2.45, 2.75) is 0 Å². The van der Waals surface area contributed by atoms with Gasteiger partial charge in [0, 0.05) is 13.7 Å². The van der Waals surface area contributed by atoms with Crippen LogP contribution in [-0.2, 0) is 0 Å². The van der Waals surface area contributed by atoms with Gasteiger partial charge in [0.1, 0.15) is 0 Å². The van der Waals surface area contributed by atoms with E-state index in [1.54, 1.807) is 6.07 Å². The van der Waals surface area contributed by atoms with Crippen LogP contribution in [0.25, 0.3) is 0 Å². The zero-order valence-electron chi connectivity index (χ0n) is 4.87. The van der Waals surface area contributed by atoms with Crippen LogP contribution >= 0.6 is 50.1 Å². The highest BCUT2D eigenvalue weighted by Crippen LogP contribution is 2.29. The third-order valence-corrected chi connectivity index (χ3v) is 3.98. The molecule has 0 heterocycles. The van der Waals surface area contributed by atoms with Gasteiger partial charge in [0.15, 0.2) is 0 Å². The van der Waals surface area contributed by atoms with E-state index < -0.39 is 0 Å². The topological polar surface area (TPSA) is 26.0 Å². The van der Waals surface area contributed by atoms with Crippen molar-refractivity contribution in [3.8, 4) is 0 Å². The molecule has 0 spiro atoms. The first-order valence-corrected chi connectivity index (χ1v) is 4.76. The van der Waals surface area contributed by atoms with Crippen molar-refractivity contribution in [2.75, 3.05) is 5.73 Å². The molecule has 0 bridgehead atoms. The molecule has 0 unspecified atom stereocenters. The summed E-state index contributed by atoms with van der Waals surface area (Å²) in [6, 6.07) is 3.57. The number of nitrogens with two attached hydrogens (primary N) is 1. The Balaban J connectivity index is 3.31. The van der Waals surface area contributed by atoms with Gasteiger partial charge in [-0.05, 0) is 50.7 Å².